The van der Waals surface area contributed by atoms with E-state index in [0.29, 0.717) is 43.9 Å². The smallest absolute Gasteiger partial charge is 0.238 e. The molecule has 1 saturated heterocycles. The third-order valence-corrected chi connectivity index (χ3v) is 9.70. The van der Waals surface area contributed by atoms with Crippen LogP contribution in [-0.2, 0) is 30.9 Å². The molecule has 0 atom stereocenters. The van der Waals surface area contributed by atoms with Crippen LogP contribution in [0.25, 0.3) is 0 Å². The lowest BCUT2D eigenvalue weighted by Gasteiger charge is -2.40. The van der Waals surface area contributed by atoms with Crippen LogP contribution in [0.2, 0.25) is 5.02 Å². The zero-order valence-corrected chi connectivity index (χ0v) is 23.8. The molecule has 1 saturated carbocycles. The van der Waals surface area contributed by atoms with E-state index in [9.17, 15) is 18.0 Å². The molecule has 1 aromatic carbocycles. The third kappa shape index (κ3) is 8.67. The minimum atomic E-state index is -3.58. The molecule has 1 heterocycles. The number of rotatable bonds is 12. The van der Waals surface area contributed by atoms with Crippen molar-refractivity contribution in [2.45, 2.75) is 70.9 Å². The highest BCUT2D eigenvalue weighted by atomic mass is 35.5. The zero-order chi connectivity index (χ0) is 26.8. The van der Waals surface area contributed by atoms with Crippen LogP contribution in [0.1, 0.15) is 63.9 Å². The Kier molecular flexibility index (Phi) is 11.7. The Morgan fingerprint density at radius 3 is 2.43 bits per heavy atom. The molecule has 3 rings (SSSR count). The second kappa shape index (κ2) is 14.5. The minimum absolute atomic E-state index is 0.0139. The Morgan fingerprint density at radius 1 is 1.11 bits per heavy atom. The summed E-state index contributed by atoms with van der Waals surface area (Å²) in [5, 5.41) is 0.588. The molecule has 10 heteroatoms. The number of halogens is 1. The molecule has 1 aromatic rings. The summed E-state index contributed by atoms with van der Waals surface area (Å²) >= 11 is 6.21. The number of carbonyl (C=O) groups is 2. The fourth-order valence-electron chi connectivity index (χ4n) is 5.40. The fraction of sp³-hybridized carbons (Fsp3) is 0.704. The summed E-state index contributed by atoms with van der Waals surface area (Å²) in [5.41, 5.74) is 0.890. The maximum atomic E-state index is 13.7. The van der Waals surface area contributed by atoms with Gasteiger partial charge in [-0.25, -0.2) is 8.42 Å². The molecule has 0 N–H and O–H groups in total. The lowest BCUT2D eigenvalue weighted by atomic mass is 9.87. The lowest BCUT2D eigenvalue weighted by Crippen LogP contribution is -2.52. The van der Waals surface area contributed by atoms with Crippen LogP contribution in [0.4, 0.5) is 0 Å². The summed E-state index contributed by atoms with van der Waals surface area (Å²) < 4.78 is 32.1. The Balaban J connectivity index is 1.74. The van der Waals surface area contributed by atoms with Gasteiger partial charge in [-0.3, -0.25) is 9.59 Å². The maximum absolute atomic E-state index is 13.7. The molecule has 2 fully saturated rings. The van der Waals surface area contributed by atoms with Crippen molar-refractivity contribution < 1.29 is 22.7 Å². The number of amides is 2. The van der Waals surface area contributed by atoms with Gasteiger partial charge in [0.25, 0.3) is 0 Å². The second-order valence-electron chi connectivity index (χ2n) is 10.2. The first-order valence-corrected chi connectivity index (χ1v) is 15.5. The normalized spacial score (nSPS) is 17.8. The van der Waals surface area contributed by atoms with Gasteiger partial charge in [0.05, 0.1) is 18.9 Å². The molecule has 0 radical (unpaired) electrons. The van der Waals surface area contributed by atoms with Crippen molar-refractivity contribution in [3.63, 3.8) is 0 Å². The largest absolute Gasteiger partial charge is 0.383 e. The SMILES string of the molecule is CCCS(=O)(=O)N(CCOC)CC(=O)N(Cc1cccc(Cl)c1)C1CCN(C(=O)C2CCCCC2)CC1. The summed E-state index contributed by atoms with van der Waals surface area (Å²) in [7, 11) is -2.07. The molecular weight excluding hydrogens is 514 g/mol. The van der Waals surface area contributed by atoms with Gasteiger partial charge in [0.15, 0.2) is 0 Å². The van der Waals surface area contributed by atoms with E-state index in [0.717, 1.165) is 31.2 Å². The quantitative estimate of drug-likeness (QED) is 0.390. The van der Waals surface area contributed by atoms with E-state index >= 15 is 0 Å². The lowest BCUT2D eigenvalue weighted by molar-refractivity contribution is -0.140. The third-order valence-electron chi connectivity index (χ3n) is 7.45. The highest BCUT2D eigenvalue weighted by Gasteiger charge is 2.34. The molecule has 0 aromatic heterocycles. The fourth-order valence-corrected chi connectivity index (χ4v) is 7.04. The number of hydrogen-bond donors (Lipinski definition) is 0. The van der Waals surface area contributed by atoms with Gasteiger partial charge >= 0.3 is 0 Å². The Bertz CT molecular complexity index is 992. The van der Waals surface area contributed by atoms with Crippen LogP contribution in [0, 0.1) is 5.92 Å². The molecule has 37 heavy (non-hydrogen) atoms. The average molecular weight is 556 g/mol. The van der Waals surface area contributed by atoms with Crippen molar-refractivity contribution in [2.75, 3.05) is 45.6 Å². The number of likely N-dealkylation sites (tertiary alicyclic amines) is 1. The van der Waals surface area contributed by atoms with Gasteiger partial charge in [0, 0.05) is 50.3 Å². The van der Waals surface area contributed by atoms with Crippen molar-refractivity contribution in [1.29, 1.82) is 0 Å². The molecule has 8 nitrogen and oxygen atoms in total. The first-order valence-electron chi connectivity index (χ1n) is 13.5. The number of carbonyl (C=O) groups excluding carboxylic acids is 2. The number of methoxy groups -OCH3 is 1. The molecular formula is C27H42ClN3O5S. The standard InChI is InChI=1S/C27H42ClN3O5S/c1-3-18-37(34,35)30(16-17-36-2)21-26(32)31(20-22-8-7-11-24(28)19-22)25-12-14-29(15-13-25)27(33)23-9-5-4-6-10-23/h7-8,11,19,23,25H,3-6,9-10,12-18,20-21H2,1-2H3. The van der Waals surface area contributed by atoms with E-state index in [4.69, 9.17) is 16.3 Å². The summed E-state index contributed by atoms with van der Waals surface area (Å²) in [6.07, 6.45) is 7.21. The van der Waals surface area contributed by atoms with Gasteiger partial charge in [0.2, 0.25) is 21.8 Å². The first kappa shape index (κ1) is 29.9. The van der Waals surface area contributed by atoms with Crippen LogP contribution >= 0.6 is 11.6 Å². The predicted octanol–water partition coefficient (Wildman–Crippen LogP) is 3.93. The Morgan fingerprint density at radius 2 is 1.81 bits per heavy atom. The number of sulfonamides is 1. The van der Waals surface area contributed by atoms with E-state index in [1.165, 1.54) is 17.8 Å². The molecule has 208 valence electrons. The second-order valence-corrected chi connectivity index (χ2v) is 12.7. The van der Waals surface area contributed by atoms with E-state index in [1.54, 1.807) is 11.0 Å². The van der Waals surface area contributed by atoms with Crippen LogP contribution in [0.5, 0.6) is 0 Å². The Hall–Kier alpha value is -1.68. The molecule has 0 unspecified atom stereocenters. The highest BCUT2D eigenvalue weighted by molar-refractivity contribution is 7.89. The van der Waals surface area contributed by atoms with E-state index in [1.807, 2.05) is 30.0 Å². The molecule has 0 bridgehead atoms. The molecule has 2 amide bonds. The summed E-state index contributed by atoms with van der Waals surface area (Å²) in [6.45, 7) is 3.49. The molecule has 1 aliphatic carbocycles. The van der Waals surface area contributed by atoms with Crippen molar-refractivity contribution >= 4 is 33.4 Å². The van der Waals surface area contributed by atoms with Gasteiger partial charge in [-0.15, -0.1) is 0 Å². The topological polar surface area (TPSA) is 87.2 Å². The number of hydrogen-bond acceptors (Lipinski definition) is 5. The van der Waals surface area contributed by atoms with Crippen molar-refractivity contribution in [3.05, 3.63) is 34.9 Å². The summed E-state index contributed by atoms with van der Waals surface area (Å²) in [4.78, 5) is 30.5. The monoisotopic (exact) mass is 555 g/mol. The van der Waals surface area contributed by atoms with Crippen molar-refractivity contribution in [1.82, 2.24) is 14.1 Å². The van der Waals surface area contributed by atoms with Crippen LogP contribution in [0.15, 0.2) is 24.3 Å². The van der Waals surface area contributed by atoms with Gasteiger partial charge in [-0.05, 0) is 49.8 Å². The van der Waals surface area contributed by atoms with Crippen LogP contribution < -0.4 is 0 Å². The van der Waals surface area contributed by atoms with E-state index in [2.05, 4.69) is 0 Å². The number of benzene rings is 1. The molecule has 1 aliphatic heterocycles. The molecule has 0 spiro atoms. The van der Waals surface area contributed by atoms with Crippen LogP contribution in [0.3, 0.4) is 0 Å². The average Bonchev–Trinajstić information content (AvgIpc) is 2.89. The molecule has 2 aliphatic rings. The Labute approximate surface area is 227 Å². The minimum Gasteiger partial charge on any atom is -0.383 e. The van der Waals surface area contributed by atoms with E-state index in [-0.39, 0.29) is 49.2 Å². The summed E-state index contributed by atoms with van der Waals surface area (Å²) in [5.74, 6) is 0.127. The maximum Gasteiger partial charge on any atom is 0.238 e. The van der Waals surface area contributed by atoms with Crippen molar-refractivity contribution in [2.24, 2.45) is 5.92 Å². The van der Waals surface area contributed by atoms with Gasteiger partial charge in [-0.2, -0.15) is 4.31 Å². The highest BCUT2D eigenvalue weighted by Crippen LogP contribution is 2.28. The van der Waals surface area contributed by atoms with Gasteiger partial charge in [-0.1, -0.05) is 49.9 Å². The van der Waals surface area contributed by atoms with Gasteiger partial charge in [0.1, 0.15) is 0 Å². The van der Waals surface area contributed by atoms with Crippen molar-refractivity contribution in [3.8, 4) is 0 Å². The number of ether oxygens (including phenoxy) is 1. The van der Waals surface area contributed by atoms with E-state index < -0.39 is 10.0 Å². The predicted molar refractivity (Wildman–Crippen MR) is 146 cm³/mol. The first-order chi connectivity index (χ1) is 17.7. The number of nitrogens with zero attached hydrogens (tertiary/aromatic N) is 3. The van der Waals surface area contributed by atoms with Crippen LogP contribution in [-0.4, -0.2) is 86.0 Å². The van der Waals surface area contributed by atoms with Gasteiger partial charge < -0.3 is 14.5 Å². The zero-order valence-electron chi connectivity index (χ0n) is 22.2. The number of piperidine rings is 1. The summed E-state index contributed by atoms with van der Waals surface area (Å²) in [6, 6.07) is 7.31.